The van der Waals surface area contributed by atoms with Crippen LogP contribution < -0.4 is 10.5 Å². The van der Waals surface area contributed by atoms with Crippen molar-refractivity contribution in [3.05, 3.63) is 33.1 Å². The third-order valence-electron chi connectivity index (χ3n) is 2.15. The van der Waals surface area contributed by atoms with E-state index in [0.29, 0.717) is 6.54 Å². The Hall–Kier alpha value is -0.910. The number of aromatic nitrogens is 1. The Morgan fingerprint density at radius 3 is 2.94 bits per heavy atom. The Balaban J connectivity index is 2.45. The molecule has 0 fully saturated rings. The van der Waals surface area contributed by atoms with Crippen molar-refractivity contribution in [3.8, 4) is 17.0 Å². The topological polar surface area (TPSA) is 48.1 Å². The van der Waals surface area contributed by atoms with Crippen molar-refractivity contribution < 1.29 is 4.74 Å². The Kier molecular flexibility index (Phi) is 3.58. The van der Waals surface area contributed by atoms with Gasteiger partial charge in [-0.2, -0.15) is 0 Å². The molecular formula is C11H11BrN2OS. The monoisotopic (exact) mass is 298 g/mol. The number of hydrogen-bond acceptors (Lipinski definition) is 4. The van der Waals surface area contributed by atoms with Crippen LogP contribution in [0.15, 0.2) is 28.1 Å². The fraction of sp³-hybridized carbons (Fsp3) is 0.182. The second-order valence-electron chi connectivity index (χ2n) is 3.17. The van der Waals surface area contributed by atoms with Gasteiger partial charge >= 0.3 is 0 Å². The molecule has 0 saturated heterocycles. The van der Waals surface area contributed by atoms with Crippen LogP contribution in [0.5, 0.6) is 5.75 Å². The van der Waals surface area contributed by atoms with Crippen molar-refractivity contribution >= 4 is 27.3 Å². The van der Waals surface area contributed by atoms with Crippen LogP contribution >= 0.6 is 27.3 Å². The molecule has 2 aromatic rings. The molecule has 84 valence electrons. The molecule has 0 aliphatic carbocycles. The van der Waals surface area contributed by atoms with Crippen molar-refractivity contribution in [2.45, 2.75) is 6.54 Å². The van der Waals surface area contributed by atoms with E-state index in [9.17, 15) is 0 Å². The van der Waals surface area contributed by atoms with E-state index in [1.54, 1.807) is 18.4 Å². The average Bonchev–Trinajstić information content (AvgIpc) is 2.71. The van der Waals surface area contributed by atoms with Crippen LogP contribution in [0, 0.1) is 0 Å². The van der Waals surface area contributed by atoms with Crippen LogP contribution in [-0.2, 0) is 6.54 Å². The van der Waals surface area contributed by atoms with Crippen molar-refractivity contribution in [1.82, 2.24) is 4.98 Å². The van der Waals surface area contributed by atoms with Gasteiger partial charge in [-0.1, -0.05) is 12.1 Å². The molecule has 0 bridgehead atoms. The van der Waals surface area contributed by atoms with Gasteiger partial charge in [0.2, 0.25) is 0 Å². The number of thiazole rings is 1. The third-order valence-corrected chi connectivity index (χ3v) is 3.88. The fourth-order valence-electron chi connectivity index (χ4n) is 1.38. The highest BCUT2D eigenvalue weighted by molar-refractivity contribution is 9.11. The Morgan fingerprint density at radius 1 is 1.50 bits per heavy atom. The first kappa shape index (κ1) is 11.6. The molecular weight excluding hydrogens is 288 g/mol. The predicted octanol–water partition coefficient (Wildman–Crippen LogP) is 3.04. The summed E-state index contributed by atoms with van der Waals surface area (Å²) >= 11 is 5.06. The van der Waals surface area contributed by atoms with Gasteiger partial charge in [0.25, 0.3) is 0 Å². The molecule has 0 saturated carbocycles. The number of hydrogen-bond donors (Lipinski definition) is 1. The molecule has 3 nitrogen and oxygen atoms in total. The van der Waals surface area contributed by atoms with Crippen molar-refractivity contribution in [2.24, 2.45) is 5.73 Å². The molecule has 0 aliphatic heterocycles. The van der Waals surface area contributed by atoms with Crippen LogP contribution in [0.4, 0.5) is 0 Å². The third kappa shape index (κ3) is 2.26. The first-order chi connectivity index (χ1) is 7.74. The normalized spacial score (nSPS) is 10.4. The summed E-state index contributed by atoms with van der Waals surface area (Å²) in [6.07, 6.45) is 0. The maximum atomic E-state index is 5.57. The molecule has 0 atom stereocenters. The molecule has 0 amide bonds. The van der Waals surface area contributed by atoms with Gasteiger partial charge in [-0.15, -0.1) is 11.3 Å². The summed E-state index contributed by atoms with van der Waals surface area (Å²) in [5, 5.41) is 0.921. The lowest BCUT2D eigenvalue weighted by molar-refractivity contribution is 0.415. The zero-order chi connectivity index (χ0) is 11.5. The minimum absolute atomic E-state index is 0.466. The van der Waals surface area contributed by atoms with Crippen LogP contribution in [0.3, 0.4) is 0 Å². The average molecular weight is 299 g/mol. The van der Waals surface area contributed by atoms with Crippen molar-refractivity contribution in [3.63, 3.8) is 0 Å². The summed E-state index contributed by atoms with van der Waals surface area (Å²) in [5.74, 6) is 0.826. The molecule has 0 aliphatic rings. The lowest BCUT2D eigenvalue weighted by Gasteiger charge is -2.02. The Labute approximate surface area is 106 Å². The second-order valence-corrected chi connectivity index (χ2v) is 5.57. The molecule has 0 spiro atoms. The molecule has 1 heterocycles. The first-order valence-electron chi connectivity index (χ1n) is 4.74. The maximum Gasteiger partial charge on any atom is 0.119 e. The Bertz CT molecular complexity index is 498. The summed E-state index contributed by atoms with van der Waals surface area (Å²) in [5.41, 5.74) is 7.52. The van der Waals surface area contributed by atoms with Gasteiger partial charge < -0.3 is 10.5 Å². The molecule has 16 heavy (non-hydrogen) atoms. The zero-order valence-corrected chi connectivity index (χ0v) is 11.1. The summed E-state index contributed by atoms with van der Waals surface area (Å²) in [4.78, 5) is 4.47. The van der Waals surface area contributed by atoms with Gasteiger partial charge in [0, 0.05) is 12.1 Å². The number of benzene rings is 1. The van der Waals surface area contributed by atoms with Crippen LogP contribution in [0.1, 0.15) is 5.01 Å². The summed E-state index contributed by atoms with van der Waals surface area (Å²) < 4.78 is 6.19. The minimum atomic E-state index is 0.466. The van der Waals surface area contributed by atoms with Gasteiger partial charge in [-0.3, -0.25) is 0 Å². The van der Waals surface area contributed by atoms with Crippen molar-refractivity contribution in [1.29, 1.82) is 0 Å². The van der Waals surface area contributed by atoms with Gasteiger partial charge in [-0.25, -0.2) is 4.98 Å². The van der Waals surface area contributed by atoms with E-state index in [0.717, 1.165) is 25.8 Å². The number of halogens is 1. The van der Waals surface area contributed by atoms with E-state index in [-0.39, 0.29) is 0 Å². The maximum absolute atomic E-state index is 5.57. The molecule has 5 heteroatoms. The zero-order valence-electron chi connectivity index (χ0n) is 8.74. The highest BCUT2D eigenvalue weighted by atomic mass is 79.9. The Morgan fingerprint density at radius 2 is 2.31 bits per heavy atom. The smallest absolute Gasteiger partial charge is 0.119 e. The van der Waals surface area contributed by atoms with E-state index in [1.807, 2.05) is 24.3 Å². The van der Waals surface area contributed by atoms with Gasteiger partial charge in [0.15, 0.2) is 0 Å². The quantitative estimate of drug-likeness (QED) is 0.947. The lowest BCUT2D eigenvalue weighted by atomic mass is 10.2. The summed E-state index contributed by atoms with van der Waals surface area (Å²) in [7, 11) is 1.65. The largest absolute Gasteiger partial charge is 0.497 e. The van der Waals surface area contributed by atoms with Crippen molar-refractivity contribution in [2.75, 3.05) is 7.11 Å². The molecule has 2 N–H and O–H groups in total. The van der Waals surface area contributed by atoms with E-state index >= 15 is 0 Å². The minimum Gasteiger partial charge on any atom is -0.497 e. The number of nitrogens with two attached hydrogens (primary N) is 1. The van der Waals surface area contributed by atoms with E-state index in [1.165, 1.54) is 0 Å². The van der Waals surface area contributed by atoms with Crippen LogP contribution in [0.25, 0.3) is 11.3 Å². The molecule has 1 aromatic heterocycles. The van der Waals surface area contributed by atoms with Crippen LogP contribution in [-0.4, -0.2) is 12.1 Å². The highest BCUT2D eigenvalue weighted by Gasteiger charge is 2.10. The highest BCUT2D eigenvalue weighted by Crippen LogP contribution is 2.34. The molecule has 0 unspecified atom stereocenters. The van der Waals surface area contributed by atoms with E-state index in [2.05, 4.69) is 20.9 Å². The molecule has 2 rings (SSSR count). The molecule has 1 aromatic carbocycles. The predicted molar refractivity (Wildman–Crippen MR) is 69.7 cm³/mol. The molecule has 0 radical (unpaired) electrons. The SMILES string of the molecule is COc1cccc(-c2nc(CN)sc2Br)c1. The van der Waals surface area contributed by atoms with E-state index < -0.39 is 0 Å². The summed E-state index contributed by atoms with van der Waals surface area (Å²) in [6.45, 7) is 0.466. The van der Waals surface area contributed by atoms with Crippen LogP contribution in [0.2, 0.25) is 0 Å². The second kappa shape index (κ2) is 4.95. The standard InChI is InChI=1S/C11H11BrN2OS/c1-15-8-4-2-3-7(5-8)10-11(12)16-9(6-13)14-10/h2-5H,6,13H2,1H3. The van der Waals surface area contributed by atoms with Gasteiger partial charge in [-0.05, 0) is 28.1 Å². The van der Waals surface area contributed by atoms with Gasteiger partial charge in [0.1, 0.15) is 10.8 Å². The fourth-order valence-corrected chi connectivity index (χ4v) is 2.94. The lowest BCUT2D eigenvalue weighted by Crippen LogP contribution is -1.94. The number of nitrogens with zero attached hydrogens (tertiary/aromatic N) is 1. The number of methoxy groups -OCH3 is 1. The number of ether oxygens (including phenoxy) is 1. The first-order valence-corrected chi connectivity index (χ1v) is 6.35. The van der Waals surface area contributed by atoms with E-state index in [4.69, 9.17) is 10.5 Å². The van der Waals surface area contributed by atoms with Gasteiger partial charge in [0.05, 0.1) is 16.6 Å². The summed E-state index contributed by atoms with van der Waals surface area (Å²) in [6, 6.07) is 7.82. The number of rotatable bonds is 3.